The number of nitrogens with zero attached hydrogens (tertiary/aromatic N) is 4. The van der Waals surface area contributed by atoms with Gasteiger partial charge in [-0.05, 0) is 44.2 Å². The first-order chi connectivity index (χ1) is 13.2. The number of ether oxygens (including phenoxy) is 1. The normalized spacial score (nSPS) is 20.7. The summed E-state index contributed by atoms with van der Waals surface area (Å²) in [5.41, 5.74) is 1.12. The van der Waals surface area contributed by atoms with Crippen molar-refractivity contribution in [3.63, 3.8) is 0 Å². The third-order valence-corrected chi connectivity index (χ3v) is 5.24. The molecule has 0 aromatic carbocycles. The van der Waals surface area contributed by atoms with Gasteiger partial charge in [-0.25, -0.2) is 4.98 Å². The Kier molecular flexibility index (Phi) is 6.90. The second-order valence-electron chi connectivity index (χ2n) is 7.16. The Morgan fingerprint density at radius 2 is 2.11 bits per heavy atom. The van der Waals surface area contributed by atoms with Crippen LogP contribution in [-0.4, -0.2) is 61.6 Å². The van der Waals surface area contributed by atoms with Crippen molar-refractivity contribution in [1.29, 1.82) is 0 Å². The minimum Gasteiger partial charge on any atom is -0.466 e. The number of aromatic nitrogens is 1. The number of rotatable bonds is 5. The molecule has 2 aliphatic heterocycles. The van der Waals surface area contributed by atoms with Crippen molar-refractivity contribution in [3.8, 4) is 0 Å². The number of likely N-dealkylation sites (tertiary alicyclic amines) is 1. The van der Waals surface area contributed by atoms with Crippen LogP contribution < -0.4 is 10.2 Å². The van der Waals surface area contributed by atoms with E-state index in [2.05, 4.69) is 37.2 Å². The van der Waals surface area contributed by atoms with Gasteiger partial charge in [0.25, 0.3) is 0 Å². The van der Waals surface area contributed by atoms with Crippen LogP contribution in [0.4, 0.5) is 5.82 Å². The van der Waals surface area contributed by atoms with E-state index in [4.69, 9.17) is 4.74 Å². The summed E-state index contributed by atoms with van der Waals surface area (Å²) >= 11 is 0. The van der Waals surface area contributed by atoms with E-state index in [1.165, 1.54) is 12.8 Å². The molecule has 1 N–H and O–H groups in total. The summed E-state index contributed by atoms with van der Waals surface area (Å²) in [6.45, 7) is 6.72. The number of piperidine rings is 1. The molecule has 148 valence electrons. The molecular weight excluding hydrogens is 342 g/mol. The number of guanidine groups is 1. The molecule has 2 saturated heterocycles. The number of carbonyl (C=O) groups is 1. The minimum atomic E-state index is -0.0978. The number of hydrogen-bond acceptors (Lipinski definition) is 5. The van der Waals surface area contributed by atoms with Crippen LogP contribution in [0.2, 0.25) is 0 Å². The van der Waals surface area contributed by atoms with E-state index < -0.39 is 0 Å². The fourth-order valence-corrected chi connectivity index (χ4v) is 3.79. The first-order valence-corrected chi connectivity index (χ1v) is 10.0. The topological polar surface area (TPSA) is 70.1 Å². The molecular formula is C20H31N5O2. The van der Waals surface area contributed by atoms with Crippen LogP contribution in [0.25, 0.3) is 0 Å². The lowest BCUT2D eigenvalue weighted by Crippen LogP contribution is -2.48. The van der Waals surface area contributed by atoms with E-state index in [-0.39, 0.29) is 11.9 Å². The first-order valence-electron chi connectivity index (χ1n) is 10.0. The highest BCUT2D eigenvalue weighted by atomic mass is 16.5. The molecule has 0 radical (unpaired) electrons. The van der Waals surface area contributed by atoms with Gasteiger partial charge < -0.3 is 19.9 Å². The van der Waals surface area contributed by atoms with Gasteiger partial charge in [0, 0.05) is 46.0 Å². The zero-order valence-electron chi connectivity index (χ0n) is 16.5. The van der Waals surface area contributed by atoms with Crippen LogP contribution in [-0.2, 0) is 16.1 Å². The van der Waals surface area contributed by atoms with Gasteiger partial charge in [0.2, 0.25) is 0 Å². The molecule has 1 atom stereocenters. The maximum Gasteiger partial charge on any atom is 0.310 e. The van der Waals surface area contributed by atoms with Gasteiger partial charge in [0.05, 0.1) is 12.5 Å². The summed E-state index contributed by atoms with van der Waals surface area (Å²) in [6.07, 6.45) is 6.30. The highest BCUT2D eigenvalue weighted by Gasteiger charge is 2.28. The summed E-state index contributed by atoms with van der Waals surface area (Å²) in [4.78, 5) is 25.5. The lowest BCUT2D eigenvalue weighted by atomic mass is 9.98. The Morgan fingerprint density at radius 3 is 2.78 bits per heavy atom. The lowest BCUT2D eigenvalue weighted by Gasteiger charge is -2.34. The van der Waals surface area contributed by atoms with Gasteiger partial charge in [0.15, 0.2) is 5.96 Å². The molecule has 0 aliphatic carbocycles. The second-order valence-corrected chi connectivity index (χ2v) is 7.16. The Balaban J connectivity index is 1.53. The van der Waals surface area contributed by atoms with Crippen LogP contribution in [0.5, 0.6) is 0 Å². The molecule has 1 unspecified atom stereocenters. The van der Waals surface area contributed by atoms with Gasteiger partial charge >= 0.3 is 5.97 Å². The maximum absolute atomic E-state index is 12.1. The van der Waals surface area contributed by atoms with Gasteiger partial charge in [-0.15, -0.1) is 0 Å². The average molecular weight is 374 g/mol. The zero-order chi connectivity index (χ0) is 19.1. The summed E-state index contributed by atoms with van der Waals surface area (Å²) in [5, 5.41) is 3.41. The molecule has 3 heterocycles. The van der Waals surface area contributed by atoms with E-state index in [1.54, 1.807) is 7.05 Å². The monoisotopic (exact) mass is 373 g/mol. The number of hydrogen-bond donors (Lipinski definition) is 1. The number of esters is 1. The quantitative estimate of drug-likeness (QED) is 0.484. The Bertz CT molecular complexity index is 640. The molecule has 2 fully saturated rings. The number of pyridine rings is 1. The largest absolute Gasteiger partial charge is 0.466 e. The van der Waals surface area contributed by atoms with Gasteiger partial charge in [-0.3, -0.25) is 9.79 Å². The predicted molar refractivity (Wildman–Crippen MR) is 107 cm³/mol. The van der Waals surface area contributed by atoms with Crippen molar-refractivity contribution in [2.75, 3.05) is 44.7 Å². The third kappa shape index (κ3) is 5.11. The molecule has 1 aromatic heterocycles. The first kappa shape index (κ1) is 19.5. The minimum absolute atomic E-state index is 0.0707. The van der Waals surface area contributed by atoms with E-state index in [9.17, 15) is 4.79 Å². The van der Waals surface area contributed by atoms with Gasteiger partial charge in [-0.1, -0.05) is 6.07 Å². The molecule has 0 amide bonds. The molecule has 2 aliphatic rings. The van der Waals surface area contributed by atoms with Crippen molar-refractivity contribution >= 4 is 17.7 Å². The zero-order valence-corrected chi connectivity index (χ0v) is 16.5. The van der Waals surface area contributed by atoms with E-state index in [1.807, 2.05) is 13.1 Å². The number of aliphatic imine (C=N–C) groups is 1. The molecule has 27 heavy (non-hydrogen) atoms. The Hall–Kier alpha value is -2.31. The average Bonchev–Trinajstić information content (AvgIpc) is 3.24. The molecule has 3 rings (SSSR count). The van der Waals surface area contributed by atoms with Gasteiger partial charge in [-0.2, -0.15) is 0 Å². The smallest absolute Gasteiger partial charge is 0.310 e. The van der Waals surface area contributed by atoms with Crippen molar-refractivity contribution in [3.05, 3.63) is 23.9 Å². The summed E-state index contributed by atoms with van der Waals surface area (Å²) in [6, 6.07) is 4.22. The van der Waals surface area contributed by atoms with Crippen LogP contribution in [0, 0.1) is 5.92 Å². The number of carbonyl (C=O) groups excluding carboxylic acids is 1. The van der Waals surface area contributed by atoms with Crippen molar-refractivity contribution in [2.45, 2.75) is 39.2 Å². The van der Waals surface area contributed by atoms with Crippen molar-refractivity contribution < 1.29 is 9.53 Å². The molecule has 0 bridgehead atoms. The molecule has 1 aromatic rings. The molecule has 7 heteroatoms. The van der Waals surface area contributed by atoms with E-state index in [0.717, 1.165) is 49.8 Å². The Labute approximate surface area is 161 Å². The van der Waals surface area contributed by atoms with Crippen LogP contribution in [0.15, 0.2) is 23.3 Å². The molecule has 7 nitrogen and oxygen atoms in total. The molecule has 0 spiro atoms. The van der Waals surface area contributed by atoms with Crippen molar-refractivity contribution in [1.82, 2.24) is 15.2 Å². The molecule has 0 saturated carbocycles. The highest BCUT2D eigenvalue weighted by Crippen LogP contribution is 2.19. The van der Waals surface area contributed by atoms with E-state index in [0.29, 0.717) is 19.7 Å². The third-order valence-electron chi connectivity index (χ3n) is 5.24. The van der Waals surface area contributed by atoms with Crippen LogP contribution >= 0.6 is 0 Å². The van der Waals surface area contributed by atoms with Crippen molar-refractivity contribution in [2.24, 2.45) is 10.9 Å². The second kappa shape index (κ2) is 9.58. The summed E-state index contributed by atoms with van der Waals surface area (Å²) in [7, 11) is 1.78. The predicted octanol–water partition coefficient (Wildman–Crippen LogP) is 2.03. The summed E-state index contributed by atoms with van der Waals surface area (Å²) < 4.78 is 5.19. The maximum atomic E-state index is 12.1. The standard InChI is InChI=1S/C20H31N5O2/c1-3-27-19(26)17-7-6-12-25(15-17)20(21-2)23-14-16-8-9-18(22-13-16)24-10-4-5-11-24/h8-9,13,17H,3-7,10-12,14-15H2,1-2H3,(H,21,23). The number of nitrogens with one attached hydrogen (secondary N) is 1. The fraction of sp³-hybridized carbons (Fsp3) is 0.650. The van der Waals surface area contributed by atoms with Crippen LogP contribution in [0.3, 0.4) is 0 Å². The SMILES string of the molecule is CCOC(=O)C1CCCN(C(=NC)NCc2ccc(N3CCCC3)nc2)C1. The lowest BCUT2D eigenvalue weighted by molar-refractivity contribution is -0.149. The fourth-order valence-electron chi connectivity index (χ4n) is 3.79. The van der Waals surface area contributed by atoms with E-state index >= 15 is 0 Å². The van der Waals surface area contributed by atoms with Gasteiger partial charge in [0.1, 0.15) is 5.82 Å². The number of anilines is 1. The summed E-state index contributed by atoms with van der Waals surface area (Å²) in [5.74, 6) is 1.72. The highest BCUT2D eigenvalue weighted by molar-refractivity contribution is 5.81. The Morgan fingerprint density at radius 1 is 1.30 bits per heavy atom. The van der Waals surface area contributed by atoms with Crippen LogP contribution in [0.1, 0.15) is 38.2 Å².